The number of fused-ring (bicyclic) bond motifs is 1. The quantitative estimate of drug-likeness (QED) is 0.242. The Hall–Kier alpha value is -3.96. The second kappa shape index (κ2) is 12.3. The Balaban J connectivity index is 1.70. The van der Waals surface area contributed by atoms with Gasteiger partial charge in [0.15, 0.2) is 5.82 Å². The number of hydrogen-bond donors (Lipinski definition) is 3. The third-order valence-electron chi connectivity index (χ3n) is 7.52. The van der Waals surface area contributed by atoms with Crippen LogP contribution in [0.2, 0.25) is 5.15 Å². The number of nitrogens with one attached hydrogen (secondary N) is 2. The van der Waals surface area contributed by atoms with Crippen LogP contribution in [0.5, 0.6) is 5.75 Å². The number of aryl methyl sites for hydroxylation is 2. The molecular formula is C29H37ClN8O3. The lowest BCUT2D eigenvalue weighted by Crippen LogP contribution is -2.35. The summed E-state index contributed by atoms with van der Waals surface area (Å²) in [4.78, 5) is 47.0. The Morgan fingerprint density at radius 2 is 1.90 bits per heavy atom. The number of halogens is 1. The van der Waals surface area contributed by atoms with Gasteiger partial charge in [0.2, 0.25) is 5.95 Å². The third-order valence-corrected chi connectivity index (χ3v) is 7.79. The fourth-order valence-corrected chi connectivity index (χ4v) is 5.51. The summed E-state index contributed by atoms with van der Waals surface area (Å²) in [6.07, 6.45) is 3.40. The maximum absolute atomic E-state index is 13.9. The number of ether oxygens (including phenoxy) is 1. The summed E-state index contributed by atoms with van der Waals surface area (Å²) < 4.78 is 5.55. The molecule has 0 bridgehead atoms. The van der Waals surface area contributed by atoms with Crippen LogP contribution in [-0.2, 0) is 11.3 Å². The lowest BCUT2D eigenvalue weighted by Gasteiger charge is -2.19. The SMILES string of the molecule is CCN(CC)CCNC(=O)c1c(C)[nH]c(C=C2C(=O)N(Cc3ncc(C)c(OC)c3C)c3nc(N)nc(Cl)c32)c1C. The molecule has 0 saturated heterocycles. The maximum atomic E-state index is 13.9. The third kappa shape index (κ3) is 5.77. The van der Waals surface area contributed by atoms with E-state index in [0.29, 0.717) is 51.9 Å². The number of aromatic amines is 1. The number of nitrogens with zero attached hydrogens (tertiary/aromatic N) is 5. The molecule has 3 aromatic heterocycles. The van der Waals surface area contributed by atoms with Crippen molar-refractivity contribution in [2.24, 2.45) is 0 Å². The number of amides is 2. The van der Waals surface area contributed by atoms with Crippen molar-refractivity contribution < 1.29 is 14.3 Å². The van der Waals surface area contributed by atoms with E-state index in [1.807, 2.05) is 27.7 Å². The monoisotopic (exact) mass is 580 g/mol. The summed E-state index contributed by atoms with van der Waals surface area (Å²) in [5.74, 6) is 0.457. The molecule has 1 aliphatic rings. The first-order chi connectivity index (χ1) is 19.5. The van der Waals surface area contributed by atoms with Crippen LogP contribution in [0, 0.1) is 27.7 Å². The van der Waals surface area contributed by atoms with E-state index < -0.39 is 0 Å². The minimum atomic E-state index is -0.334. The largest absolute Gasteiger partial charge is 0.496 e. The standard InChI is InChI=1S/C29H37ClN8O3/c1-8-37(9-2)11-10-32-27(39)22-16(4)20(34-18(22)6)12-19-23-25(30)35-29(31)36-26(23)38(28(19)40)14-21-17(5)24(41-7)15(3)13-33-21/h12-13,34H,8-11,14H2,1-7H3,(H,32,39)(H2,31,35,36). The molecule has 12 heteroatoms. The van der Waals surface area contributed by atoms with Crippen molar-refractivity contribution in [3.8, 4) is 5.75 Å². The minimum Gasteiger partial charge on any atom is -0.496 e. The molecule has 4 heterocycles. The number of hydrogen-bond acceptors (Lipinski definition) is 8. The Morgan fingerprint density at radius 3 is 2.56 bits per heavy atom. The molecule has 2 amide bonds. The van der Waals surface area contributed by atoms with Gasteiger partial charge in [0.1, 0.15) is 10.9 Å². The molecule has 3 aromatic rings. The lowest BCUT2D eigenvalue weighted by molar-refractivity contribution is -0.113. The van der Waals surface area contributed by atoms with Gasteiger partial charge in [0.25, 0.3) is 11.8 Å². The van der Waals surface area contributed by atoms with Crippen LogP contribution >= 0.6 is 11.6 Å². The maximum Gasteiger partial charge on any atom is 0.260 e. The average Bonchev–Trinajstić information content (AvgIpc) is 3.35. The highest BCUT2D eigenvalue weighted by molar-refractivity contribution is 6.41. The van der Waals surface area contributed by atoms with E-state index in [9.17, 15) is 9.59 Å². The van der Waals surface area contributed by atoms with Crippen LogP contribution in [0.4, 0.5) is 11.8 Å². The van der Waals surface area contributed by atoms with Crippen molar-refractivity contribution in [3.63, 3.8) is 0 Å². The van der Waals surface area contributed by atoms with Crippen molar-refractivity contribution in [2.45, 2.75) is 48.1 Å². The van der Waals surface area contributed by atoms with Gasteiger partial charge in [-0.25, -0.2) is 4.98 Å². The van der Waals surface area contributed by atoms with Crippen molar-refractivity contribution in [1.82, 2.24) is 30.2 Å². The van der Waals surface area contributed by atoms with Gasteiger partial charge in [-0.3, -0.25) is 19.5 Å². The van der Waals surface area contributed by atoms with Gasteiger partial charge < -0.3 is 25.7 Å². The number of anilines is 2. The zero-order chi connectivity index (χ0) is 30.0. The van der Waals surface area contributed by atoms with Gasteiger partial charge >= 0.3 is 0 Å². The first-order valence-electron chi connectivity index (χ1n) is 13.6. The van der Waals surface area contributed by atoms with Gasteiger partial charge in [-0.2, -0.15) is 4.98 Å². The summed E-state index contributed by atoms with van der Waals surface area (Å²) in [6, 6.07) is 0. The second-order valence-corrected chi connectivity index (χ2v) is 10.4. The fourth-order valence-electron chi connectivity index (χ4n) is 5.23. The number of carbonyl (C=O) groups excluding carboxylic acids is 2. The van der Waals surface area contributed by atoms with Crippen molar-refractivity contribution in [2.75, 3.05) is 43.9 Å². The molecule has 0 spiro atoms. The molecule has 4 rings (SSSR count). The first-order valence-corrected chi connectivity index (χ1v) is 14.0. The van der Waals surface area contributed by atoms with Crippen LogP contribution in [0.25, 0.3) is 11.6 Å². The van der Waals surface area contributed by atoms with Gasteiger partial charge in [-0.1, -0.05) is 25.4 Å². The van der Waals surface area contributed by atoms with E-state index in [0.717, 1.165) is 36.3 Å². The summed E-state index contributed by atoms with van der Waals surface area (Å²) in [6.45, 7) is 14.9. The van der Waals surface area contributed by atoms with E-state index in [4.69, 9.17) is 22.1 Å². The Kier molecular flexibility index (Phi) is 8.98. The number of nitrogen functional groups attached to an aromatic ring is 1. The summed E-state index contributed by atoms with van der Waals surface area (Å²) in [5.41, 5.74) is 11.5. The summed E-state index contributed by atoms with van der Waals surface area (Å²) in [5, 5.41) is 3.08. The van der Waals surface area contributed by atoms with E-state index in [2.05, 4.69) is 44.0 Å². The average molecular weight is 581 g/mol. The van der Waals surface area contributed by atoms with Crippen LogP contribution in [0.1, 0.15) is 63.5 Å². The van der Waals surface area contributed by atoms with Gasteiger partial charge in [0, 0.05) is 41.8 Å². The molecule has 0 fully saturated rings. The number of carbonyl (C=O) groups is 2. The van der Waals surface area contributed by atoms with Crippen LogP contribution in [0.15, 0.2) is 6.20 Å². The molecule has 0 atom stereocenters. The highest BCUT2D eigenvalue weighted by atomic mass is 35.5. The van der Waals surface area contributed by atoms with E-state index in [1.54, 1.807) is 19.4 Å². The molecule has 4 N–H and O–H groups in total. The molecule has 1 aliphatic heterocycles. The predicted octanol–water partition coefficient (Wildman–Crippen LogP) is 3.84. The predicted molar refractivity (Wildman–Crippen MR) is 161 cm³/mol. The molecule has 41 heavy (non-hydrogen) atoms. The summed E-state index contributed by atoms with van der Waals surface area (Å²) in [7, 11) is 1.60. The van der Waals surface area contributed by atoms with E-state index in [-0.39, 0.29) is 29.5 Å². The van der Waals surface area contributed by atoms with E-state index in [1.165, 1.54) is 4.90 Å². The number of H-pyrrole nitrogens is 1. The Morgan fingerprint density at radius 1 is 1.20 bits per heavy atom. The zero-order valence-electron chi connectivity index (χ0n) is 24.6. The molecule has 0 aliphatic carbocycles. The molecule has 218 valence electrons. The number of aromatic nitrogens is 4. The highest BCUT2D eigenvalue weighted by Crippen LogP contribution is 2.42. The first kappa shape index (κ1) is 30.0. The van der Waals surface area contributed by atoms with Crippen LogP contribution in [0.3, 0.4) is 0 Å². The highest BCUT2D eigenvalue weighted by Gasteiger charge is 2.38. The number of methoxy groups -OCH3 is 1. The normalized spacial score (nSPS) is 13.8. The zero-order valence-corrected chi connectivity index (χ0v) is 25.4. The van der Waals surface area contributed by atoms with Crippen LogP contribution in [-0.4, -0.2) is 69.9 Å². The smallest absolute Gasteiger partial charge is 0.260 e. The van der Waals surface area contributed by atoms with E-state index >= 15 is 0 Å². The van der Waals surface area contributed by atoms with Gasteiger partial charge in [0.05, 0.1) is 36.0 Å². The Bertz CT molecular complexity index is 1530. The number of likely N-dealkylation sites (N-methyl/N-ethyl adjacent to an activating group) is 1. The molecule has 11 nitrogen and oxygen atoms in total. The molecule has 0 radical (unpaired) electrons. The topological polar surface area (TPSA) is 142 Å². The second-order valence-electron chi connectivity index (χ2n) is 10.0. The van der Waals surface area contributed by atoms with Crippen molar-refractivity contribution >= 4 is 46.8 Å². The molecular weight excluding hydrogens is 544 g/mol. The molecule has 0 aromatic carbocycles. The van der Waals surface area contributed by atoms with Crippen molar-refractivity contribution in [1.29, 1.82) is 0 Å². The molecule has 0 unspecified atom stereocenters. The van der Waals surface area contributed by atoms with Crippen LogP contribution < -0.4 is 20.7 Å². The Labute approximate surface area is 245 Å². The number of pyridine rings is 1. The fraction of sp³-hybridized carbons (Fsp3) is 0.414. The van der Waals surface area contributed by atoms with Crippen molar-refractivity contribution in [3.05, 3.63) is 56.2 Å². The molecule has 0 saturated carbocycles. The minimum absolute atomic E-state index is 0.0467. The number of nitrogens with two attached hydrogens (primary N) is 1. The number of rotatable bonds is 10. The van der Waals surface area contributed by atoms with Gasteiger partial charge in [-0.05, 0) is 52.4 Å². The summed E-state index contributed by atoms with van der Waals surface area (Å²) >= 11 is 6.54. The lowest BCUT2D eigenvalue weighted by atomic mass is 10.1. The van der Waals surface area contributed by atoms with Gasteiger partial charge in [-0.15, -0.1) is 0 Å².